The number of fused-ring (bicyclic) bond motifs is 2. The Morgan fingerprint density at radius 1 is 1.13 bits per heavy atom. The summed E-state index contributed by atoms with van der Waals surface area (Å²) in [6.07, 6.45) is -1.06. The van der Waals surface area contributed by atoms with Crippen LogP contribution in [0, 0.1) is 6.92 Å². The minimum atomic E-state index is -1.06. The van der Waals surface area contributed by atoms with Gasteiger partial charge >= 0.3 is 5.69 Å². The molecule has 38 heavy (non-hydrogen) atoms. The average molecular weight is 582 g/mol. The van der Waals surface area contributed by atoms with Crippen molar-refractivity contribution in [2.45, 2.75) is 19.6 Å². The standard InChI is InChI=1S/C25H24BrN7O5/c1-13-6-4-5-7-18(13)38-12-15(34)11-33-20-21(31(2)25(37)32(3)23(20)36)28-24(33)30-29-19-16-10-14(26)8-9-17(16)27-22(19)35/h4-10,15,27,34-35H,11-12H2,1-3H3/t15-/m1/s1. The second-order valence-electron chi connectivity index (χ2n) is 8.84. The molecule has 196 valence electrons. The Balaban J connectivity index is 1.57. The Hall–Kier alpha value is -4.23. The van der Waals surface area contributed by atoms with Crippen molar-refractivity contribution in [1.82, 2.24) is 23.7 Å². The first-order valence-corrected chi connectivity index (χ1v) is 12.4. The van der Waals surface area contributed by atoms with Gasteiger partial charge in [-0.3, -0.25) is 18.5 Å². The van der Waals surface area contributed by atoms with E-state index in [1.54, 1.807) is 18.2 Å². The first kappa shape index (κ1) is 25.4. The SMILES string of the molecule is Cc1ccccc1OC[C@H](O)Cn1c(N=Nc2c(O)[nH]c3ccc(Br)cc23)nc2c1c(=O)n(C)c(=O)n2C. The molecule has 0 aliphatic heterocycles. The van der Waals surface area contributed by atoms with Gasteiger partial charge < -0.3 is 19.9 Å². The van der Waals surface area contributed by atoms with Crippen molar-refractivity contribution in [3.8, 4) is 11.6 Å². The minimum Gasteiger partial charge on any atom is -0.493 e. The number of rotatable bonds is 7. The maximum Gasteiger partial charge on any atom is 0.332 e. The number of H-pyrrole nitrogens is 1. The van der Waals surface area contributed by atoms with E-state index < -0.39 is 17.4 Å². The number of hydrogen-bond donors (Lipinski definition) is 3. The highest BCUT2D eigenvalue weighted by atomic mass is 79.9. The van der Waals surface area contributed by atoms with Gasteiger partial charge in [-0.05, 0) is 36.8 Å². The zero-order chi connectivity index (χ0) is 27.1. The van der Waals surface area contributed by atoms with Gasteiger partial charge in [0.2, 0.25) is 5.88 Å². The largest absolute Gasteiger partial charge is 0.493 e. The van der Waals surface area contributed by atoms with Gasteiger partial charge in [0.25, 0.3) is 11.5 Å². The second kappa shape index (κ2) is 9.91. The van der Waals surface area contributed by atoms with E-state index in [1.165, 1.54) is 23.2 Å². The van der Waals surface area contributed by atoms with Crippen LogP contribution in [0.5, 0.6) is 11.6 Å². The zero-order valence-electron chi connectivity index (χ0n) is 20.7. The predicted octanol–water partition coefficient (Wildman–Crippen LogP) is 3.55. The van der Waals surface area contributed by atoms with Crippen molar-refractivity contribution in [3.63, 3.8) is 0 Å². The van der Waals surface area contributed by atoms with Crippen LogP contribution in [0.15, 0.2) is 66.8 Å². The van der Waals surface area contributed by atoms with E-state index in [4.69, 9.17) is 4.74 Å². The molecule has 0 spiro atoms. The van der Waals surface area contributed by atoms with Gasteiger partial charge in [0, 0.05) is 24.0 Å². The lowest BCUT2D eigenvalue weighted by atomic mass is 10.2. The maximum absolute atomic E-state index is 13.1. The Morgan fingerprint density at radius 2 is 1.89 bits per heavy atom. The molecule has 5 rings (SSSR count). The molecule has 0 fully saturated rings. The van der Waals surface area contributed by atoms with Crippen molar-refractivity contribution in [2.24, 2.45) is 24.3 Å². The fourth-order valence-electron chi connectivity index (χ4n) is 4.18. The monoisotopic (exact) mass is 581 g/mol. The fraction of sp³-hybridized carbons (Fsp3) is 0.240. The summed E-state index contributed by atoms with van der Waals surface area (Å²) in [5.41, 5.74) is 0.741. The van der Waals surface area contributed by atoms with Crippen LogP contribution in [0.4, 0.5) is 11.6 Å². The molecule has 3 heterocycles. The Labute approximate surface area is 223 Å². The molecule has 3 N–H and O–H groups in total. The summed E-state index contributed by atoms with van der Waals surface area (Å²) in [5, 5.41) is 30.3. The van der Waals surface area contributed by atoms with Gasteiger partial charge in [-0.25, -0.2) is 4.79 Å². The highest BCUT2D eigenvalue weighted by Gasteiger charge is 2.22. The second-order valence-corrected chi connectivity index (χ2v) is 9.76. The fourth-order valence-corrected chi connectivity index (χ4v) is 4.54. The number of hydrogen-bond acceptors (Lipinski definition) is 8. The average Bonchev–Trinajstić information content (AvgIpc) is 3.40. The van der Waals surface area contributed by atoms with Crippen molar-refractivity contribution in [2.75, 3.05) is 6.61 Å². The summed E-state index contributed by atoms with van der Waals surface area (Å²) in [7, 11) is 2.85. The van der Waals surface area contributed by atoms with Gasteiger partial charge in [-0.2, -0.15) is 4.98 Å². The number of aromatic amines is 1. The van der Waals surface area contributed by atoms with Gasteiger partial charge in [0.15, 0.2) is 16.9 Å². The number of para-hydroxylation sites is 1. The molecule has 13 heteroatoms. The smallest absolute Gasteiger partial charge is 0.332 e. The van der Waals surface area contributed by atoms with Crippen LogP contribution in [0.3, 0.4) is 0 Å². The molecule has 1 atom stereocenters. The van der Waals surface area contributed by atoms with Crippen LogP contribution in [0.25, 0.3) is 22.1 Å². The number of aryl methyl sites for hydroxylation is 2. The van der Waals surface area contributed by atoms with Gasteiger partial charge in [0.05, 0.1) is 12.1 Å². The highest BCUT2D eigenvalue weighted by molar-refractivity contribution is 9.10. The predicted molar refractivity (Wildman–Crippen MR) is 145 cm³/mol. The summed E-state index contributed by atoms with van der Waals surface area (Å²) < 4.78 is 10.1. The molecule has 2 aromatic carbocycles. The van der Waals surface area contributed by atoms with E-state index in [0.717, 1.165) is 14.6 Å². The summed E-state index contributed by atoms with van der Waals surface area (Å²) in [4.78, 5) is 32.8. The number of halogens is 1. The number of aliphatic hydroxyl groups is 1. The third-order valence-electron chi connectivity index (χ3n) is 6.20. The van der Waals surface area contributed by atoms with Crippen molar-refractivity contribution < 1.29 is 14.9 Å². The molecule has 0 saturated carbocycles. The summed E-state index contributed by atoms with van der Waals surface area (Å²) in [5.74, 6) is 0.401. The van der Waals surface area contributed by atoms with Crippen molar-refractivity contribution >= 4 is 49.6 Å². The molecule has 0 radical (unpaired) electrons. The number of aromatic hydroxyl groups is 1. The number of imidazole rings is 1. The highest BCUT2D eigenvalue weighted by Crippen LogP contribution is 2.37. The van der Waals surface area contributed by atoms with E-state index in [1.807, 2.05) is 31.2 Å². The molecule has 0 aliphatic rings. The lowest BCUT2D eigenvalue weighted by Gasteiger charge is -2.15. The number of ether oxygens (including phenoxy) is 1. The summed E-state index contributed by atoms with van der Waals surface area (Å²) in [6, 6.07) is 12.8. The van der Waals surface area contributed by atoms with Crippen molar-refractivity contribution in [3.05, 3.63) is 73.3 Å². The van der Waals surface area contributed by atoms with E-state index in [2.05, 4.69) is 36.1 Å². The van der Waals surface area contributed by atoms with E-state index >= 15 is 0 Å². The quantitative estimate of drug-likeness (QED) is 0.250. The van der Waals surface area contributed by atoms with Gasteiger partial charge in [-0.1, -0.05) is 34.1 Å². The van der Waals surface area contributed by atoms with E-state index in [9.17, 15) is 19.8 Å². The van der Waals surface area contributed by atoms with Crippen LogP contribution in [-0.2, 0) is 20.6 Å². The first-order chi connectivity index (χ1) is 18.2. The van der Waals surface area contributed by atoms with Gasteiger partial charge in [0.1, 0.15) is 18.5 Å². The molecule has 5 aromatic rings. The Kier molecular flexibility index (Phi) is 6.63. The normalized spacial score (nSPS) is 12.7. The first-order valence-electron chi connectivity index (χ1n) is 11.6. The number of aromatic nitrogens is 5. The van der Waals surface area contributed by atoms with Crippen LogP contribution in [-0.4, -0.2) is 46.6 Å². The molecule has 3 aromatic heterocycles. The molecule has 0 unspecified atom stereocenters. The third kappa shape index (κ3) is 4.50. The zero-order valence-corrected chi connectivity index (χ0v) is 22.3. The van der Waals surface area contributed by atoms with Crippen LogP contribution < -0.4 is 16.0 Å². The Morgan fingerprint density at radius 3 is 2.66 bits per heavy atom. The maximum atomic E-state index is 13.1. The van der Waals surface area contributed by atoms with Gasteiger partial charge in [-0.15, -0.1) is 10.2 Å². The number of azo groups is 1. The minimum absolute atomic E-state index is 0.0306. The molecule has 0 bridgehead atoms. The Bertz CT molecular complexity index is 1830. The number of nitrogens with one attached hydrogen (secondary N) is 1. The molecule has 0 saturated heterocycles. The van der Waals surface area contributed by atoms with Crippen molar-refractivity contribution in [1.29, 1.82) is 0 Å². The van der Waals surface area contributed by atoms with E-state index in [0.29, 0.717) is 16.7 Å². The molecular formula is C25H24BrN7O5. The van der Waals surface area contributed by atoms with E-state index in [-0.39, 0.29) is 41.8 Å². The van der Waals surface area contributed by atoms with Crippen LogP contribution >= 0.6 is 15.9 Å². The number of nitrogens with zero attached hydrogens (tertiary/aromatic N) is 6. The number of benzene rings is 2. The topological polar surface area (TPSA) is 152 Å². The summed E-state index contributed by atoms with van der Waals surface area (Å²) in [6.45, 7) is 1.71. The molecule has 12 nitrogen and oxygen atoms in total. The number of aliphatic hydroxyl groups excluding tert-OH is 1. The lowest BCUT2D eigenvalue weighted by molar-refractivity contribution is 0.0934. The third-order valence-corrected chi connectivity index (χ3v) is 6.69. The summed E-state index contributed by atoms with van der Waals surface area (Å²) >= 11 is 3.41. The van der Waals surface area contributed by atoms with Crippen LogP contribution in [0.2, 0.25) is 0 Å². The van der Waals surface area contributed by atoms with Crippen LogP contribution in [0.1, 0.15) is 5.56 Å². The lowest BCUT2D eigenvalue weighted by Crippen LogP contribution is -2.38. The molecule has 0 amide bonds. The molecular weight excluding hydrogens is 558 g/mol. The molecule has 0 aliphatic carbocycles.